The molecule has 0 radical (unpaired) electrons. The Morgan fingerprint density at radius 1 is 1.14 bits per heavy atom. The number of likely N-dealkylation sites (tertiary alicyclic amines) is 1. The van der Waals surface area contributed by atoms with Gasteiger partial charge in [0.1, 0.15) is 0 Å². The Labute approximate surface area is 209 Å². The van der Waals surface area contributed by atoms with Gasteiger partial charge in [0.05, 0.1) is 23.2 Å². The van der Waals surface area contributed by atoms with E-state index in [0.29, 0.717) is 5.56 Å². The molecule has 1 unspecified atom stereocenters. The third kappa shape index (κ3) is 6.17. The largest absolute Gasteiger partial charge is 0.330 e. The molecule has 0 saturated carbocycles. The van der Waals surface area contributed by atoms with Gasteiger partial charge in [0.15, 0.2) is 0 Å². The minimum absolute atomic E-state index is 0.0170. The fourth-order valence-electron chi connectivity index (χ4n) is 4.34. The molecule has 2 atom stereocenters. The third-order valence-electron chi connectivity index (χ3n) is 6.16. The van der Waals surface area contributed by atoms with Crippen LogP contribution < -0.4 is 14.0 Å². The van der Waals surface area contributed by atoms with Gasteiger partial charge < -0.3 is 4.90 Å². The first-order valence-electron chi connectivity index (χ1n) is 10.9. The molecule has 3 rings (SSSR count). The van der Waals surface area contributed by atoms with Gasteiger partial charge in [-0.05, 0) is 43.0 Å². The summed E-state index contributed by atoms with van der Waals surface area (Å²) < 4.78 is 46.5. The van der Waals surface area contributed by atoms with E-state index < -0.39 is 25.3 Å². The third-order valence-corrected chi connectivity index (χ3v) is 8.75. The molecule has 15 heteroatoms. The fourth-order valence-corrected chi connectivity index (χ4v) is 6.33. The summed E-state index contributed by atoms with van der Waals surface area (Å²) >= 11 is 0. The van der Waals surface area contributed by atoms with Crippen LogP contribution in [0.25, 0.3) is 0 Å². The number of carbonyl (C=O) groups excluding carboxylic acids is 1. The number of nitrogens with zero attached hydrogens (tertiary/aromatic N) is 4. The van der Waals surface area contributed by atoms with Crippen molar-refractivity contribution in [2.75, 3.05) is 17.3 Å². The number of nitrogens with two attached hydrogens (primary N) is 2. The van der Waals surface area contributed by atoms with Crippen molar-refractivity contribution in [3.63, 3.8) is 0 Å². The molecule has 1 fully saturated rings. The molecule has 1 aliphatic heterocycles. The predicted molar refractivity (Wildman–Crippen MR) is 133 cm³/mol. The standard InChI is InChI=1S/C21H28N6O7S2/c1-15(25-12-4-7-20(25)17-5-3-6-19(14-17)26(29)30)24(2)21(28)13-16-8-10-18(11-9-16)27(35(22,31)32)36(23,33)34/h3,5-6,8-11,14-15,20H,4,7,12-13H2,1-2H3,(H2,22,31,32)(H2,23,33,34)/t15?,20-/m0/s1. The van der Waals surface area contributed by atoms with Crippen LogP contribution in [0, 0.1) is 10.1 Å². The van der Waals surface area contributed by atoms with E-state index in [4.69, 9.17) is 10.3 Å². The molecule has 1 amide bonds. The van der Waals surface area contributed by atoms with E-state index in [1.165, 1.54) is 30.3 Å². The highest BCUT2D eigenvalue weighted by atomic mass is 32.3. The molecule has 0 spiro atoms. The molecule has 196 valence electrons. The van der Waals surface area contributed by atoms with E-state index in [9.17, 15) is 31.7 Å². The Balaban J connectivity index is 1.73. The van der Waals surface area contributed by atoms with Crippen molar-refractivity contribution in [1.82, 2.24) is 9.80 Å². The van der Waals surface area contributed by atoms with E-state index >= 15 is 0 Å². The topological polar surface area (TPSA) is 190 Å². The van der Waals surface area contributed by atoms with Crippen LogP contribution in [0.1, 0.15) is 36.9 Å². The second-order valence-corrected chi connectivity index (χ2v) is 11.5. The summed E-state index contributed by atoms with van der Waals surface area (Å²) in [4.78, 5) is 27.4. The maximum absolute atomic E-state index is 13.0. The lowest BCUT2D eigenvalue weighted by Crippen LogP contribution is -2.47. The normalized spacial score (nSPS) is 17.5. The lowest BCUT2D eigenvalue weighted by atomic mass is 10.0. The summed E-state index contributed by atoms with van der Waals surface area (Å²) in [6.45, 7) is 2.60. The van der Waals surface area contributed by atoms with Crippen molar-refractivity contribution >= 4 is 37.7 Å². The first-order chi connectivity index (χ1) is 16.7. The Kier molecular flexibility index (Phi) is 8.00. The van der Waals surface area contributed by atoms with Crippen LogP contribution in [-0.4, -0.2) is 57.2 Å². The zero-order chi connectivity index (χ0) is 26.8. The van der Waals surface area contributed by atoms with Crippen molar-refractivity contribution in [3.8, 4) is 0 Å². The lowest BCUT2D eigenvalue weighted by Gasteiger charge is -2.37. The van der Waals surface area contributed by atoms with Gasteiger partial charge in [-0.2, -0.15) is 16.8 Å². The second-order valence-electron chi connectivity index (χ2n) is 8.51. The minimum Gasteiger partial charge on any atom is -0.330 e. The van der Waals surface area contributed by atoms with Crippen LogP contribution in [0.5, 0.6) is 0 Å². The Hall–Kier alpha value is -3.11. The number of non-ortho nitro benzene ring substituents is 1. The van der Waals surface area contributed by atoms with Crippen LogP contribution in [0.4, 0.5) is 11.4 Å². The first-order valence-corrected chi connectivity index (χ1v) is 13.9. The van der Waals surface area contributed by atoms with Crippen molar-refractivity contribution < 1.29 is 26.6 Å². The Morgan fingerprint density at radius 2 is 1.75 bits per heavy atom. The van der Waals surface area contributed by atoms with Crippen LogP contribution >= 0.6 is 0 Å². The van der Waals surface area contributed by atoms with Crippen LogP contribution in [-0.2, 0) is 31.6 Å². The molecule has 0 bridgehead atoms. The molecule has 1 heterocycles. The van der Waals surface area contributed by atoms with E-state index in [1.807, 2.05) is 13.0 Å². The number of amides is 1. The molecule has 1 saturated heterocycles. The summed E-state index contributed by atoms with van der Waals surface area (Å²) in [7, 11) is -7.70. The highest BCUT2D eigenvalue weighted by Gasteiger charge is 2.33. The molecule has 0 aliphatic carbocycles. The molecular weight excluding hydrogens is 512 g/mol. The molecule has 1 aliphatic rings. The highest BCUT2D eigenvalue weighted by Crippen LogP contribution is 2.35. The van der Waals surface area contributed by atoms with Gasteiger partial charge in [-0.1, -0.05) is 24.3 Å². The first kappa shape index (κ1) is 27.5. The highest BCUT2D eigenvalue weighted by molar-refractivity contribution is 8.08. The smallest absolute Gasteiger partial charge is 0.313 e. The van der Waals surface area contributed by atoms with E-state index in [2.05, 4.69) is 4.90 Å². The van der Waals surface area contributed by atoms with Gasteiger partial charge in [0.25, 0.3) is 5.69 Å². The number of anilines is 1. The van der Waals surface area contributed by atoms with Crippen LogP contribution in [0.2, 0.25) is 0 Å². The summed E-state index contributed by atoms with van der Waals surface area (Å²) in [6, 6.07) is 11.6. The maximum Gasteiger partial charge on any atom is 0.313 e. The molecule has 2 aromatic rings. The summed E-state index contributed by atoms with van der Waals surface area (Å²) in [5, 5.41) is 21.1. The Morgan fingerprint density at radius 3 is 2.31 bits per heavy atom. The number of hydrogen-bond acceptors (Lipinski definition) is 8. The van der Waals surface area contributed by atoms with Crippen molar-refractivity contribution in [2.45, 2.75) is 38.4 Å². The number of rotatable bonds is 9. The van der Waals surface area contributed by atoms with Gasteiger partial charge >= 0.3 is 20.4 Å². The van der Waals surface area contributed by atoms with E-state index in [1.54, 1.807) is 24.1 Å². The molecule has 4 N–H and O–H groups in total. The number of nitro benzene ring substituents is 1. The minimum atomic E-state index is -4.68. The van der Waals surface area contributed by atoms with Crippen molar-refractivity contribution in [3.05, 3.63) is 69.8 Å². The molecule has 36 heavy (non-hydrogen) atoms. The van der Waals surface area contributed by atoms with Gasteiger partial charge in [-0.25, -0.2) is 10.3 Å². The van der Waals surface area contributed by atoms with E-state index in [0.717, 1.165) is 24.9 Å². The molecule has 0 aromatic heterocycles. The molecule has 2 aromatic carbocycles. The van der Waals surface area contributed by atoms with Gasteiger partial charge in [0.2, 0.25) is 5.91 Å². The zero-order valence-corrected chi connectivity index (χ0v) is 21.4. The van der Waals surface area contributed by atoms with Gasteiger partial charge in [-0.3, -0.25) is 19.8 Å². The molecule has 13 nitrogen and oxygen atoms in total. The average molecular weight is 541 g/mol. The van der Waals surface area contributed by atoms with Gasteiger partial charge in [-0.15, -0.1) is 3.71 Å². The number of nitro groups is 1. The molecular formula is C21H28N6O7S2. The number of benzene rings is 2. The lowest BCUT2D eigenvalue weighted by molar-refractivity contribution is -0.385. The number of hydrogen-bond donors (Lipinski definition) is 2. The summed E-state index contributed by atoms with van der Waals surface area (Å²) in [5.74, 6) is -0.227. The predicted octanol–water partition coefficient (Wildman–Crippen LogP) is 0.992. The van der Waals surface area contributed by atoms with Crippen LogP contribution in [0.3, 0.4) is 0 Å². The van der Waals surface area contributed by atoms with Crippen LogP contribution in [0.15, 0.2) is 48.5 Å². The maximum atomic E-state index is 13.0. The summed E-state index contributed by atoms with van der Waals surface area (Å²) in [5.41, 5.74) is 1.07. The summed E-state index contributed by atoms with van der Waals surface area (Å²) in [6.07, 6.45) is 1.36. The van der Waals surface area contributed by atoms with Crippen molar-refractivity contribution in [1.29, 1.82) is 0 Å². The SMILES string of the molecule is CC(N(C)C(=O)Cc1ccc(N(S(N)(=O)=O)S(N)(=O)=O)cc1)N1CCC[C@H]1c1cccc([N+](=O)[O-])c1. The zero-order valence-electron chi connectivity index (χ0n) is 19.7. The quantitative estimate of drug-likeness (QED) is 0.347. The monoisotopic (exact) mass is 540 g/mol. The fraction of sp³-hybridized carbons (Fsp3) is 0.381. The second kappa shape index (κ2) is 10.5. The average Bonchev–Trinajstić information content (AvgIpc) is 3.27. The number of carbonyl (C=O) groups is 1. The van der Waals surface area contributed by atoms with Crippen molar-refractivity contribution in [2.24, 2.45) is 10.3 Å². The van der Waals surface area contributed by atoms with E-state index in [-0.39, 0.29) is 39.6 Å². The Bertz CT molecular complexity index is 1320. The number of likely N-dealkylation sites (N-methyl/N-ethyl adjacent to an activating group) is 1. The van der Waals surface area contributed by atoms with Gasteiger partial charge in [0, 0.05) is 31.8 Å².